The molecule has 116 valence electrons. The summed E-state index contributed by atoms with van der Waals surface area (Å²) in [5.74, 6) is -0.132. The summed E-state index contributed by atoms with van der Waals surface area (Å²) < 4.78 is 0. The molecule has 0 saturated carbocycles. The molecule has 1 aromatic rings. The molecule has 0 heterocycles. The van der Waals surface area contributed by atoms with Gasteiger partial charge >= 0.3 is 0 Å². The van der Waals surface area contributed by atoms with Crippen LogP contribution in [0.2, 0.25) is 5.02 Å². The summed E-state index contributed by atoms with van der Waals surface area (Å²) in [7, 11) is 1.88. The number of benzene rings is 1. The molecule has 3 N–H and O–H groups in total. The molecule has 0 aromatic heterocycles. The number of hydrogen-bond donors (Lipinski definition) is 3. The van der Waals surface area contributed by atoms with Crippen molar-refractivity contribution in [1.29, 1.82) is 0 Å². The Balaban J connectivity index is 2.12. The molecule has 0 aliphatic heterocycles. The maximum Gasteiger partial charge on any atom is 0.251 e. The lowest BCUT2D eigenvalue weighted by Crippen LogP contribution is -2.28. The molecule has 21 heavy (non-hydrogen) atoms. The molecule has 0 fully saturated rings. The third-order valence-corrected chi connectivity index (χ3v) is 3.15. The Morgan fingerprint density at radius 3 is 2.33 bits per heavy atom. The molecule has 0 unspecified atom stereocenters. The van der Waals surface area contributed by atoms with Crippen LogP contribution in [0.5, 0.6) is 0 Å². The minimum atomic E-state index is -0.152. The van der Waals surface area contributed by atoms with Crippen molar-refractivity contribution in [1.82, 2.24) is 16.0 Å². The molecule has 2 amide bonds. The van der Waals surface area contributed by atoms with Gasteiger partial charge in [-0.1, -0.05) is 11.6 Å². The summed E-state index contributed by atoms with van der Waals surface area (Å²) in [4.78, 5) is 23.3. The van der Waals surface area contributed by atoms with Crippen molar-refractivity contribution in [2.45, 2.75) is 19.3 Å². The van der Waals surface area contributed by atoms with E-state index in [1.807, 2.05) is 7.05 Å². The summed E-state index contributed by atoms with van der Waals surface area (Å²) in [5.41, 5.74) is 0.566. The average Bonchev–Trinajstić information content (AvgIpc) is 2.48. The van der Waals surface area contributed by atoms with Crippen molar-refractivity contribution in [3.8, 4) is 0 Å². The van der Waals surface area contributed by atoms with Gasteiger partial charge in [-0.25, -0.2) is 0 Å². The molecule has 0 aliphatic carbocycles. The first-order chi connectivity index (χ1) is 10.1. The van der Waals surface area contributed by atoms with Gasteiger partial charge in [0.25, 0.3) is 5.91 Å². The van der Waals surface area contributed by atoms with Gasteiger partial charge in [-0.15, -0.1) is 0 Å². The lowest BCUT2D eigenvalue weighted by atomic mass is 10.2. The van der Waals surface area contributed by atoms with Gasteiger partial charge in [0.1, 0.15) is 0 Å². The quantitative estimate of drug-likeness (QED) is 0.606. The van der Waals surface area contributed by atoms with Gasteiger partial charge in [0.05, 0.1) is 0 Å². The predicted octanol–water partition coefficient (Wildman–Crippen LogP) is 1.58. The number of amides is 2. The Bertz CT molecular complexity index is 449. The Morgan fingerprint density at radius 1 is 1.00 bits per heavy atom. The maximum atomic E-state index is 11.8. The van der Waals surface area contributed by atoms with E-state index in [0.29, 0.717) is 36.5 Å². The first-order valence-electron chi connectivity index (χ1n) is 7.08. The molecule has 1 aromatic carbocycles. The number of rotatable bonds is 9. The van der Waals surface area contributed by atoms with E-state index in [1.54, 1.807) is 24.3 Å². The fourth-order valence-corrected chi connectivity index (χ4v) is 1.86. The first kappa shape index (κ1) is 17.5. The third kappa shape index (κ3) is 7.68. The average molecular weight is 312 g/mol. The van der Waals surface area contributed by atoms with Gasteiger partial charge < -0.3 is 16.0 Å². The van der Waals surface area contributed by atoms with Crippen molar-refractivity contribution in [2.24, 2.45) is 0 Å². The van der Waals surface area contributed by atoms with Crippen LogP contribution in [0, 0.1) is 0 Å². The van der Waals surface area contributed by atoms with Crippen LogP contribution in [-0.2, 0) is 4.79 Å². The molecular weight excluding hydrogens is 290 g/mol. The molecule has 6 heteroatoms. The fraction of sp³-hybridized carbons (Fsp3) is 0.467. The number of carbonyl (C=O) groups is 2. The van der Waals surface area contributed by atoms with E-state index in [1.165, 1.54) is 0 Å². The SMILES string of the molecule is CNCCCNC(=O)CCCNC(=O)c1ccc(Cl)cc1. The van der Waals surface area contributed by atoms with Crippen LogP contribution in [-0.4, -0.2) is 38.5 Å². The van der Waals surface area contributed by atoms with Crippen LogP contribution in [0.15, 0.2) is 24.3 Å². The Labute approximate surface area is 130 Å². The Kier molecular flexibility index (Phi) is 8.47. The van der Waals surface area contributed by atoms with E-state index >= 15 is 0 Å². The Morgan fingerprint density at radius 2 is 1.67 bits per heavy atom. The molecule has 0 spiro atoms. The molecule has 0 aliphatic rings. The summed E-state index contributed by atoms with van der Waals surface area (Å²) >= 11 is 5.76. The normalized spacial score (nSPS) is 10.2. The van der Waals surface area contributed by atoms with Gasteiger partial charge in [-0.2, -0.15) is 0 Å². The number of carbonyl (C=O) groups excluding carboxylic acids is 2. The van der Waals surface area contributed by atoms with Crippen molar-refractivity contribution in [2.75, 3.05) is 26.7 Å². The number of nitrogens with one attached hydrogen (secondary N) is 3. The van der Waals surface area contributed by atoms with Gasteiger partial charge in [-0.05, 0) is 50.7 Å². The largest absolute Gasteiger partial charge is 0.356 e. The lowest BCUT2D eigenvalue weighted by molar-refractivity contribution is -0.121. The van der Waals surface area contributed by atoms with Crippen molar-refractivity contribution in [3.05, 3.63) is 34.9 Å². The van der Waals surface area contributed by atoms with Crippen molar-refractivity contribution in [3.63, 3.8) is 0 Å². The van der Waals surface area contributed by atoms with Crippen LogP contribution >= 0.6 is 11.6 Å². The van der Waals surface area contributed by atoms with E-state index in [4.69, 9.17) is 11.6 Å². The zero-order valence-corrected chi connectivity index (χ0v) is 13.0. The van der Waals surface area contributed by atoms with Gasteiger partial charge in [-0.3, -0.25) is 9.59 Å². The predicted molar refractivity (Wildman–Crippen MR) is 84.6 cm³/mol. The monoisotopic (exact) mass is 311 g/mol. The van der Waals surface area contributed by atoms with Crippen LogP contribution in [0.25, 0.3) is 0 Å². The summed E-state index contributed by atoms with van der Waals surface area (Å²) in [6.07, 6.45) is 1.95. The smallest absolute Gasteiger partial charge is 0.251 e. The molecular formula is C15H22ClN3O2. The second-order valence-corrected chi connectivity index (χ2v) is 5.11. The zero-order valence-electron chi connectivity index (χ0n) is 12.2. The topological polar surface area (TPSA) is 70.2 Å². The van der Waals surface area contributed by atoms with E-state index in [2.05, 4.69) is 16.0 Å². The highest BCUT2D eigenvalue weighted by Gasteiger charge is 2.05. The van der Waals surface area contributed by atoms with Gasteiger partial charge in [0, 0.05) is 30.1 Å². The molecule has 0 atom stereocenters. The van der Waals surface area contributed by atoms with Crippen LogP contribution in [0.1, 0.15) is 29.6 Å². The van der Waals surface area contributed by atoms with Gasteiger partial charge in [0.2, 0.25) is 5.91 Å². The highest BCUT2D eigenvalue weighted by atomic mass is 35.5. The summed E-state index contributed by atoms with van der Waals surface area (Å²) in [6.45, 7) is 2.04. The summed E-state index contributed by atoms with van der Waals surface area (Å²) in [6, 6.07) is 6.70. The lowest BCUT2D eigenvalue weighted by Gasteiger charge is -2.06. The van der Waals surface area contributed by atoms with Crippen molar-refractivity contribution < 1.29 is 9.59 Å². The fourth-order valence-electron chi connectivity index (χ4n) is 1.74. The molecule has 5 nitrogen and oxygen atoms in total. The van der Waals surface area contributed by atoms with Crippen LogP contribution in [0.4, 0.5) is 0 Å². The minimum absolute atomic E-state index is 0.0202. The van der Waals surface area contributed by atoms with Crippen molar-refractivity contribution >= 4 is 23.4 Å². The maximum absolute atomic E-state index is 11.8. The highest BCUT2D eigenvalue weighted by Crippen LogP contribution is 2.09. The van der Waals surface area contributed by atoms with E-state index in [-0.39, 0.29) is 11.8 Å². The van der Waals surface area contributed by atoms with E-state index in [0.717, 1.165) is 13.0 Å². The van der Waals surface area contributed by atoms with Crippen LogP contribution < -0.4 is 16.0 Å². The van der Waals surface area contributed by atoms with Gasteiger partial charge in [0.15, 0.2) is 0 Å². The minimum Gasteiger partial charge on any atom is -0.356 e. The highest BCUT2D eigenvalue weighted by molar-refractivity contribution is 6.30. The Hall–Kier alpha value is -1.59. The number of hydrogen-bond acceptors (Lipinski definition) is 3. The van der Waals surface area contributed by atoms with E-state index in [9.17, 15) is 9.59 Å². The second-order valence-electron chi connectivity index (χ2n) is 4.67. The molecule has 0 radical (unpaired) electrons. The number of halogens is 1. The zero-order chi connectivity index (χ0) is 15.5. The standard InChI is InChI=1S/C15H22ClN3O2/c1-17-9-3-11-18-14(20)4-2-10-19-15(21)12-5-7-13(16)8-6-12/h5-8,17H,2-4,9-11H2,1H3,(H,18,20)(H,19,21). The second kappa shape index (κ2) is 10.2. The third-order valence-electron chi connectivity index (χ3n) is 2.90. The van der Waals surface area contributed by atoms with E-state index < -0.39 is 0 Å². The summed E-state index contributed by atoms with van der Waals surface area (Å²) in [5, 5.41) is 9.23. The molecule has 1 rings (SSSR count). The first-order valence-corrected chi connectivity index (χ1v) is 7.46. The molecule has 0 saturated heterocycles. The molecule has 0 bridgehead atoms. The van der Waals surface area contributed by atoms with Crippen LogP contribution in [0.3, 0.4) is 0 Å².